The number of thiocarbonyl (C=S) groups is 1. The molecule has 0 saturated heterocycles. The fourth-order valence-corrected chi connectivity index (χ4v) is 3.94. The molecule has 27 heavy (non-hydrogen) atoms. The Bertz CT molecular complexity index is 775. The predicted octanol–water partition coefficient (Wildman–Crippen LogP) is 4.31. The zero-order chi connectivity index (χ0) is 20.2. The molecular formula is C20H26F2N2OS2. The first-order chi connectivity index (χ1) is 12.6. The third kappa shape index (κ3) is 4.90. The number of hydrogen-bond donors (Lipinski definition) is 3. The molecule has 4 N–H and O–H groups in total. The van der Waals surface area contributed by atoms with Crippen LogP contribution in [0.25, 0.3) is 10.4 Å². The number of aryl methyl sites for hydroxylation is 2. The maximum atomic E-state index is 13.2. The van der Waals surface area contributed by atoms with Gasteiger partial charge in [-0.25, -0.2) is 8.78 Å². The first-order valence-electron chi connectivity index (χ1n) is 8.79. The Morgan fingerprint density at radius 1 is 1.22 bits per heavy atom. The largest absolute Gasteiger partial charge is 0.392 e. The van der Waals surface area contributed by atoms with Gasteiger partial charge in [0, 0.05) is 9.75 Å². The van der Waals surface area contributed by atoms with Gasteiger partial charge in [0.25, 0.3) is 6.43 Å². The smallest absolute Gasteiger partial charge is 0.268 e. The highest BCUT2D eigenvalue weighted by atomic mass is 32.1. The van der Waals surface area contributed by atoms with Crippen molar-refractivity contribution in [2.24, 2.45) is 5.73 Å². The van der Waals surface area contributed by atoms with E-state index in [2.05, 4.69) is 48.6 Å². The highest BCUT2D eigenvalue weighted by Gasteiger charge is 2.51. The van der Waals surface area contributed by atoms with Crippen molar-refractivity contribution in [3.05, 3.63) is 46.8 Å². The fourth-order valence-electron chi connectivity index (χ4n) is 2.79. The Labute approximate surface area is 168 Å². The maximum Gasteiger partial charge on any atom is 0.268 e. The Hall–Kier alpha value is -1.41. The number of rotatable bonds is 9. The SMILES string of the molecule is Cc1ccc(-c2ccc(CCCNC(C)(C(N)=S)C(C)(O)C(F)F)cc2)s1. The topological polar surface area (TPSA) is 58.3 Å². The van der Waals surface area contributed by atoms with E-state index in [4.69, 9.17) is 18.0 Å². The summed E-state index contributed by atoms with van der Waals surface area (Å²) in [6.45, 7) is 4.96. The molecule has 0 aliphatic rings. The third-order valence-corrected chi connectivity index (χ3v) is 6.49. The molecule has 2 unspecified atom stereocenters. The molecule has 0 radical (unpaired) electrons. The lowest BCUT2D eigenvalue weighted by Gasteiger charge is -2.42. The summed E-state index contributed by atoms with van der Waals surface area (Å²) in [5.74, 6) is 0. The van der Waals surface area contributed by atoms with E-state index < -0.39 is 17.6 Å². The summed E-state index contributed by atoms with van der Waals surface area (Å²) in [5, 5.41) is 13.1. The number of hydrogen-bond acceptors (Lipinski definition) is 4. The summed E-state index contributed by atoms with van der Waals surface area (Å²) in [5.41, 5.74) is 4.09. The van der Waals surface area contributed by atoms with Gasteiger partial charge in [0.05, 0.1) is 4.99 Å². The van der Waals surface area contributed by atoms with E-state index in [1.165, 1.54) is 22.2 Å². The Kier molecular flexibility index (Phi) is 7.08. The van der Waals surface area contributed by atoms with Gasteiger partial charge in [-0.05, 0) is 63.4 Å². The second-order valence-corrected chi connectivity index (χ2v) is 8.80. The first-order valence-corrected chi connectivity index (χ1v) is 10.0. The number of halogens is 2. The van der Waals surface area contributed by atoms with Crippen LogP contribution < -0.4 is 11.1 Å². The second-order valence-electron chi connectivity index (χ2n) is 7.08. The number of aliphatic hydroxyl groups is 1. The van der Waals surface area contributed by atoms with Crippen LogP contribution in [0.3, 0.4) is 0 Å². The average molecular weight is 413 g/mol. The molecule has 2 rings (SSSR count). The molecule has 2 atom stereocenters. The van der Waals surface area contributed by atoms with E-state index >= 15 is 0 Å². The van der Waals surface area contributed by atoms with Gasteiger partial charge in [-0.2, -0.15) is 0 Å². The Balaban J connectivity index is 1.92. The molecular weight excluding hydrogens is 386 g/mol. The minimum Gasteiger partial charge on any atom is -0.392 e. The van der Waals surface area contributed by atoms with Crippen molar-refractivity contribution in [2.75, 3.05) is 6.54 Å². The number of alkyl halides is 2. The molecule has 1 heterocycles. The zero-order valence-electron chi connectivity index (χ0n) is 15.8. The van der Waals surface area contributed by atoms with E-state index in [9.17, 15) is 13.9 Å². The molecule has 148 valence electrons. The van der Waals surface area contributed by atoms with E-state index in [1.807, 2.05) is 0 Å². The van der Waals surface area contributed by atoms with Gasteiger partial charge in [-0.3, -0.25) is 0 Å². The predicted molar refractivity (Wildman–Crippen MR) is 113 cm³/mol. The molecule has 0 aliphatic carbocycles. The van der Waals surface area contributed by atoms with Crippen molar-refractivity contribution < 1.29 is 13.9 Å². The molecule has 0 amide bonds. The molecule has 7 heteroatoms. The van der Waals surface area contributed by atoms with Crippen LogP contribution in [0.15, 0.2) is 36.4 Å². The van der Waals surface area contributed by atoms with Crippen LogP contribution in [0.4, 0.5) is 8.78 Å². The lowest BCUT2D eigenvalue weighted by molar-refractivity contribution is -0.116. The van der Waals surface area contributed by atoms with E-state index in [-0.39, 0.29) is 4.99 Å². The average Bonchev–Trinajstić information content (AvgIpc) is 3.05. The quantitative estimate of drug-likeness (QED) is 0.424. The van der Waals surface area contributed by atoms with Gasteiger partial charge in [-0.1, -0.05) is 36.5 Å². The molecule has 0 aliphatic heterocycles. The van der Waals surface area contributed by atoms with Gasteiger partial charge in [0.1, 0.15) is 11.1 Å². The van der Waals surface area contributed by atoms with Crippen molar-refractivity contribution in [3.63, 3.8) is 0 Å². The molecule has 0 saturated carbocycles. The van der Waals surface area contributed by atoms with Crippen LogP contribution in [0, 0.1) is 6.92 Å². The Morgan fingerprint density at radius 3 is 2.33 bits per heavy atom. The minimum atomic E-state index is -2.97. The van der Waals surface area contributed by atoms with Crippen LogP contribution in [0.5, 0.6) is 0 Å². The van der Waals surface area contributed by atoms with E-state index in [0.29, 0.717) is 13.0 Å². The van der Waals surface area contributed by atoms with Gasteiger partial charge in [0.15, 0.2) is 0 Å². The van der Waals surface area contributed by atoms with E-state index in [0.717, 1.165) is 18.9 Å². The number of benzene rings is 1. The summed E-state index contributed by atoms with van der Waals surface area (Å²) < 4.78 is 26.4. The second kappa shape index (κ2) is 8.73. The van der Waals surface area contributed by atoms with Gasteiger partial charge in [0.2, 0.25) is 0 Å². The lowest BCUT2D eigenvalue weighted by Crippen LogP contribution is -2.69. The number of nitrogens with two attached hydrogens (primary N) is 1. The minimum absolute atomic E-state index is 0.177. The molecule has 1 aromatic carbocycles. The molecule has 3 nitrogen and oxygen atoms in total. The maximum absolute atomic E-state index is 13.2. The normalized spacial score (nSPS) is 16.1. The molecule has 0 bridgehead atoms. The summed E-state index contributed by atoms with van der Waals surface area (Å²) in [6, 6.07) is 12.6. The van der Waals surface area contributed by atoms with Gasteiger partial charge >= 0.3 is 0 Å². The van der Waals surface area contributed by atoms with Crippen molar-refractivity contribution in [3.8, 4) is 10.4 Å². The Morgan fingerprint density at radius 2 is 1.85 bits per heavy atom. The van der Waals surface area contributed by atoms with Gasteiger partial charge < -0.3 is 16.2 Å². The van der Waals surface area contributed by atoms with Crippen LogP contribution >= 0.6 is 23.6 Å². The highest BCUT2D eigenvalue weighted by Crippen LogP contribution is 2.30. The number of thiophene rings is 1. The van der Waals surface area contributed by atoms with Crippen LogP contribution in [-0.2, 0) is 6.42 Å². The summed E-state index contributed by atoms with van der Waals surface area (Å²) >= 11 is 6.69. The third-order valence-electron chi connectivity index (χ3n) is 5.03. The van der Waals surface area contributed by atoms with Crippen molar-refractivity contribution in [2.45, 2.75) is 51.2 Å². The standard InChI is InChI=1S/C20H26F2N2OS2/c1-13-6-11-16(27-13)15-9-7-14(8-10-15)5-4-12-24-19(2,18(23)26)20(3,25)17(21)22/h6-11,17,24-25H,4-5,12H2,1-3H3,(H2,23,26). The number of nitrogens with one attached hydrogen (secondary N) is 1. The van der Waals surface area contributed by atoms with Gasteiger partial charge in [-0.15, -0.1) is 11.3 Å². The summed E-state index contributed by atoms with van der Waals surface area (Å²) in [6.07, 6.45) is -1.49. The lowest BCUT2D eigenvalue weighted by atomic mass is 9.82. The van der Waals surface area contributed by atoms with Crippen molar-refractivity contribution in [1.82, 2.24) is 5.32 Å². The van der Waals surface area contributed by atoms with Crippen LogP contribution in [0.2, 0.25) is 0 Å². The summed E-state index contributed by atoms with van der Waals surface area (Å²) in [7, 11) is 0. The highest BCUT2D eigenvalue weighted by molar-refractivity contribution is 7.80. The molecule has 2 aromatic rings. The summed E-state index contributed by atoms with van der Waals surface area (Å²) in [4.78, 5) is 2.34. The first kappa shape index (κ1) is 21.9. The molecule has 0 fully saturated rings. The van der Waals surface area contributed by atoms with Crippen LogP contribution in [-0.4, -0.2) is 34.2 Å². The fraction of sp³-hybridized carbons (Fsp3) is 0.450. The van der Waals surface area contributed by atoms with E-state index in [1.54, 1.807) is 11.3 Å². The monoisotopic (exact) mass is 412 g/mol. The molecule has 1 aromatic heterocycles. The zero-order valence-corrected chi connectivity index (χ0v) is 17.4. The molecule has 0 spiro atoms. The van der Waals surface area contributed by atoms with Crippen LogP contribution in [0.1, 0.15) is 30.7 Å². The van der Waals surface area contributed by atoms with Crippen molar-refractivity contribution in [1.29, 1.82) is 0 Å². The van der Waals surface area contributed by atoms with Crippen molar-refractivity contribution >= 4 is 28.5 Å².